The van der Waals surface area contributed by atoms with E-state index in [1.54, 1.807) is 0 Å². The highest BCUT2D eigenvalue weighted by Crippen LogP contribution is 2.53. The SMILES string of the molecule is CC(C)Sc1c(OCCCO)noc1C(=O)NC1C2CC3CC(C2)CC1C3. The van der Waals surface area contributed by atoms with Crippen LogP contribution in [-0.4, -0.2) is 40.7 Å². The Kier molecular flexibility index (Phi) is 5.69. The Bertz CT molecular complexity index is 647. The van der Waals surface area contributed by atoms with Crippen LogP contribution in [0.15, 0.2) is 9.42 Å². The second-order valence-electron chi connectivity index (χ2n) is 8.67. The van der Waals surface area contributed by atoms with Crippen LogP contribution >= 0.6 is 11.8 Å². The van der Waals surface area contributed by atoms with E-state index in [9.17, 15) is 4.79 Å². The molecule has 0 saturated heterocycles. The molecule has 1 aromatic rings. The average Bonchev–Trinajstić information content (AvgIpc) is 3.00. The zero-order valence-electron chi connectivity index (χ0n) is 16.1. The molecule has 0 unspecified atom stereocenters. The third-order valence-corrected chi connectivity index (χ3v) is 7.31. The molecule has 5 rings (SSSR count). The number of carbonyl (C=O) groups excluding carboxylic acids is 1. The topological polar surface area (TPSA) is 84.6 Å². The van der Waals surface area contributed by atoms with Crippen molar-refractivity contribution in [3.8, 4) is 5.88 Å². The zero-order valence-corrected chi connectivity index (χ0v) is 17.0. The lowest BCUT2D eigenvalue weighted by Crippen LogP contribution is -2.55. The van der Waals surface area contributed by atoms with Crippen molar-refractivity contribution in [3.63, 3.8) is 0 Å². The molecule has 27 heavy (non-hydrogen) atoms. The first-order valence-corrected chi connectivity index (χ1v) is 11.1. The molecule has 2 N–H and O–H groups in total. The summed E-state index contributed by atoms with van der Waals surface area (Å²) in [6.07, 6.45) is 6.97. The first-order chi connectivity index (χ1) is 13.0. The summed E-state index contributed by atoms with van der Waals surface area (Å²) >= 11 is 1.53. The molecule has 1 amide bonds. The second kappa shape index (κ2) is 8.03. The van der Waals surface area contributed by atoms with Crippen LogP contribution in [0.5, 0.6) is 5.88 Å². The van der Waals surface area contributed by atoms with Crippen molar-refractivity contribution < 1.29 is 19.2 Å². The van der Waals surface area contributed by atoms with Gasteiger partial charge in [0.25, 0.3) is 11.8 Å². The highest BCUT2D eigenvalue weighted by atomic mass is 32.2. The second-order valence-corrected chi connectivity index (χ2v) is 10.3. The Morgan fingerprint density at radius 2 is 1.93 bits per heavy atom. The van der Waals surface area contributed by atoms with Gasteiger partial charge in [0.1, 0.15) is 4.90 Å². The Hall–Kier alpha value is -1.21. The van der Waals surface area contributed by atoms with Crippen LogP contribution in [0.25, 0.3) is 0 Å². The van der Waals surface area contributed by atoms with Gasteiger partial charge in [-0.05, 0) is 60.9 Å². The molecule has 4 bridgehead atoms. The van der Waals surface area contributed by atoms with E-state index in [1.165, 1.54) is 43.9 Å². The van der Waals surface area contributed by atoms with Crippen molar-refractivity contribution in [2.75, 3.05) is 13.2 Å². The summed E-state index contributed by atoms with van der Waals surface area (Å²) in [4.78, 5) is 13.7. The lowest BCUT2D eigenvalue weighted by molar-refractivity contribution is -0.0124. The van der Waals surface area contributed by atoms with Gasteiger partial charge in [-0.25, -0.2) is 0 Å². The number of nitrogens with zero attached hydrogens (tertiary/aromatic N) is 1. The highest BCUT2D eigenvalue weighted by Gasteiger charge is 2.49. The van der Waals surface area contributed by atoms with Gasteiger partial charge in [0.2, 0.25) is 5.76 Å². The maximum absolute atomic E-state index is 13.0. The summed E-state index contributed by atoms with van der Waals surface area (Å²) in [6.45, 7) is 4.54. The van der Waals surface area contributed by atoms with Gasteiger partial charge < -0.3 is 19.7 Å². The molecule has 0 radical (unpaired) electrons. The first-order valence-electron chi connectivity index (χ1n) is 10.3. The number of aliphatic hydroxyl groups excluding tert-OH is 1. The lowest BCUT2D eigenvalue weighted by Gasteiger charge is -2.54. The van der Waals surface area contributed by atoms with Gasteiger partial charge in [0, 0.05) is 24.3 Å². The summed E-state index contributed by atoms with van der Waals surface area (Å²) in [7, 11) is 0. The third kappa shape index (κ3) is 3.99. The number of aromatic nitrogens is 1. The van der Waals surface area contributed by atoms with Gasteiger partial charge in [-0.3, -0.25) is 4.79 Å². The van der Waals surface area contributed by atoms with Crippen LogP contribution in [0.2, 0.25) is 0 Å². The summed E-state index contributed by atoms with van der Waals surface area (Å²) < 4.78 is 11.0. The molecule has 0 spiro atoms. The van der Waals surface area contributed by atoms with E-state index in [-0.39, 0.29) is 29.6 Å². The Morgan fingerprint density at radius 1 is 1.26 bits per heavy atom. The molecule has 4 aliphatic rings. The molecule has 1 aromatic heterocycles. The number of hydrogen-bond donors (Lipinski definition) is 2. The van der Waals surface area contributed by atoms with E-state index < -0.39 is 0 Å². The van der Waals surface area contributed by atoms with Crippen LogP contribution < -0.4 is 10.1 Å². The van der Waals surface area contributed by atoms with E-state index in [2.05, 4.69) is 24.3 Å². The minimum Gasteiger partial charge on any atom is -0.475 e. The van der Waals surface area contributed by atoms with Gasteiger partial charge in [0.05, 0.1) is 6.61 Å². The number of thioether (sulfide) groups is 1. The van der Waals surface area contributed by atoms with Crippen LogP contribution in [-0.2, 0) is 0 Å². The van der Waals surface area contributed by atoms with Gasteiger partial charge in [-0.2, -0.15) is 0 Å². The summed E-state index contributed by atoms with van der Waals surface area (Å²) in [5, 5.41) is 16.5. The van der Waals surface area contributed by atoms with Crippen molar-refractivity contribution in [1.82, 2.24) is 10.5 Å². The van der Waals surface area contributed by atoms with Crippen LogP contribution in [0, 0.1) is 23.7 Å². The molecule has 0 aromatic carbocycles. The number of nitrogens with one attached hydrogen (secondary N) is 1. The van der Waals surface area contributed by atoms with Gasteiger partial charge in [0.15, 0.2) is 0 Å². The maximum Gasteiger partial charge on any atom is 0.291 e. The molecule has 4 saturated carbocycles. The van der Waals surface area contributed by atoms with E-state index >= 15 is 0 Å². The minimum atomic E-state index is -0.167. The van der Waals surface area contributed by atoms with Gasteiger partial charge in [-0.1, -0.05) is 13.8 Å². The quantitative estimate of drug-likeness (QED) is 0.519. The van der Waals surface area contributed by atoms with Gasteiger partial charge in [-0.15, -0.1) is 11.8 Å². The van der Waals surface area contributed by atoms with E-state index in [1.807, 2.05) is 0 Å². The van der Waals surface area contributed by atoms with Crippen LogP contribution in [0.3, 0.4) is 0 Å². The van der Waals surface area contributed by atoms with Crippen molar-refractivity contribution in [1.29, 1.82) is 0 Å². The van der Waals surface area contributed by atoms with Crippen molar-refractivity contribution in [3.05, 3.63) is 5.76 Å². The molecule has 4 aliphatic carbocycles. The Morgan fingerprint density at radius 3 is 2.52 bits per heavy atom. The number of rotatable bonds is 8. The largest absolute Gasteiger partial charge is 0.475 e. The molecule has 4 fully saturated rings. The highest BCUT2D eigenvalue weighted by molar-refractivity contribution is 8.00. The monoisotopic (exact) mass is 394 g/mol. The van der Waals surface area contributed by atoms with Crippen LogP contribution in [0.4, 0.5) is 0 Å². The number of carbonyl (C=O) groups is 1. The molecular formula is C20H30N2O4S. The maximum atomic E-state index is 13.0. The predicted molar refractivity (Wildman–Crippen MR) is 103 cm³/mol. The molecular weight excluding hydrogens is 364 g/mol. The third-order valence-electron chi connectivity index (χ3n) is 6.25. The molecule has 1 heterocycles. The summed E-state index contributed by atoms with van der Waals surface area (Å²) in [5.41, 5.74) is 0. The Labute approximate surface area is 164 Å². The lowest BCUT2D eigenvalue weighted by atomic mass is 9.54. The van der Waals surface area contributed by atoms with E-state index in [0.717, 1.165) is 11.8 Å². The van der Waals surface area contributed by atoms with Crippen molar-refractivity contribution >= 4 is 17.7 Å². The molecule has 150 valence electrons. The average molecular weight is 395 g/mol. The fourth-order valence-corrected chi connectivity index (χ4v) is 6.36. The standard InChI is InChI=1S/C20H30N2O4S/c1-11(2)27-18-17(26-22-20(18)25-5-3-4-23)19(24)21-16-14-7-12-6-13(9-14)10-15(16)8-12/h11-16,23H,3-10H2,1-2H3,(H,21,24). The summed E-state index contributed by atoms with van der Waals surface area (Å²) in [6, 6.07) is 0.269. The molecule has 0 aliphatic heterocycles. The minimum absolute atomic E-state index is 0.0598. The normalized spacial score (nSPS) is 31.5. The Balaban J connectivity index is 1.48. The van der Waals surface area contributed by atoms with Crippen molar-refractivity contribution in [2.24, 2.45) is 23.7 Å². The van der Waals surface area contributed by atoms with Gasteiger partial charge >= 0.3 is 0 Å². The number of ether oxygens (including phenoxy) is 1. The summed E-state index contributed by atoms with van der Waals surface area (Å²) in [5.74, 6) is 3.46. The molecule has 6 nitrogen and oxygen atoms in total. The van der Waals surface area contributed by atoms with E-state index in [4.69, 9.17) is 14.4 Å². The van der Waals surface area contributed by atoms with Crippen LogP contribution in [0.1, 0.15) is 62.9 Å². The fourth-order valence-electron chi connectivity index (χ4n) is 5.45. The molecule has 0 atom stereocenters. The number of amides is 1. The zero-order chi connectivity index (χ0) is 19.0. The number of aliphatic hydroxyl groups is 1. The fraction of sp³-hybridized carbons (Fsp3) is 0.800. The number of hydrogen-bond acceptors (Lipinski definition) is 6. The molecule has 7 heteroatoms. The predicted octanol–water partition coefficient (Wildman–Crippen LogP) is 3.49. The van der Waals surface area contributed by atoms with Crippen molar-refractivity contribution in [2.45, 2.75) is 68.6 Å². The first kappa shape index (κ1) is 19.1. The van der Waals surface area contributed by atoms with E-state index in [0.29, 0.717) is 35.6 Å². The smallest absolute Gasteiger partial charge is 0.291 e.